The average molecular weight is 1890 g/mol. The van der Waals surface area contributed by atoms with Crippen LogP contribution in [0.15, 0.2) is 546 Å². The van der Waals surface area contributed by atoms with E-state index in [2.05, 4.69) is 584 Å². The quantitative estimate of drug-likeness (QED) is 0.149. The Morgan fingerprint density at radius 1 is 0.122 bits per heavy atom. The van der Waals surface area contributed by atoms with Gasteiger partial charge < -0.3 is 0 Å². The van der Waals surface area contributed by atoms with Gasteiger partial charge in [-0.2, -0.15) is 0 Å². The molecule has 8 heterocycles. The smallest absolute Gasteiger partial charge is 0.220 e. The molecular formula is C136H90N12. The molecular weight excluding hydrogens is 1800 g/mol. The van der Waals surface area contributed by atoms with E-state index in [1.54, 1.807) is 0 Å². The molecule has 0 radical (unpaired) electrons. The molecule has 12 heteroatoms. The summed E-state index contributed by atoms with van der Waals surface area (Å²) in [5.41, 5.74) is 40.7. The summed E-state index contributed by atoms with van der Waals surface area (Å²) in [4.78, 5) is 30.2. The van der Waals surface area contributed by atoms with Crippen LogP contribution in [0, 0.1) is 0 Å². The van der Waals surface area contributed by atoms with Crippen molar-refractivity contribution in [1.82, 2.24) is 38.2 Å². The van der Waals surface area contributed by atoms with Crippen molar-refractivity contribution in [2.45, 2.75) is 0 Å². The number of aromatic nitrogens is 8. The van der Waals surface area contributed by atoms with Gasteiger partial charge in [-0.1, -0.05) is 388 Å². The lowest BCUT2D eigenvalue weighted by Gasteiger charge is -2.25. The van der Waals surface area contributed by atoms with Crippen molar-refractivity contribution in [1.29, 1.82) is 0 Å². The number of imidazole rings is 4. The number of anilines is 12. The number of hydrogen-bond donors (Lipinski definition) is 0. The summed E-state index contributed by atoms with van der Waals surface area (Å²) in [6.07, 6.45) is 0. The molecule has 0 spiro atoms. The molecule has 0 saturated carbocycles. The monoisotopic (exact) mass is 1890 g/mol. The number of benzene rings is 23. The summed E-state index contributed by atoms with van der Waals surface area (Å²) < 4.78 is 9.25. The van der Waals surface area contributed by atoms with E-state index in [-0.39, 0.29) is 0 Å². The Labute approximate surface area is 855 Å². The molecule has 0 amide bonds. The zero-order chi connectivity index (χ0) is 97.6. The molecule has 0 atom stereocenters. The number of rotatable bonds is 8. The maximum Gasteiger partial charge on any atom is 0.220 e. The first-order chi connectivity index (χ1) is 73.4. The second kappa shape index (κ2) is 36.2. The van der Waals surface area contributed by atoms with Crippen LogP contribution < -0.4 is 19.6 Å². The zero-order valence-electron chi connectivity index (χ0n) is 80.3. The van der Waals surface area contributed by atoms with Crippen molar-refractivity contribution in [3.63, 3.8) is 0 Å². The second-order valence-corrected chi connectivity index (χ2v) is 37.7. The van der Waals surface area contributed by atoms with Crippen LogP contribution in [-0.4, -0.2) is 38.2 Å². The van der Waals surface area contributed by atoms with Gasteiger partial charge >= 0.3 is 0 Å². The van der Waals surface area contributed by atoms with Gasteiger partial charge in [0.05, 0.1) is 89.6 Å². The van der Waals surface area contributed by atoms with E-state index in [1.807, 2.05) is 0 Å². The fourth-order valence-electron chi connectivity index (χ4n) is 22.2. The highest BCUT2D eigenvalue weighted by Gasteiger charge is 2.36. The van der Waals surface area contributed by atoms with Gasteiger partial charge in [0.15, 0.2) is 0 Å². The molecule has 0 unspecified atom stereocenters. The topological polar surface area (TPSA) is 84.2 Å². The molecule has 694 valence electrons. The van der Waals surface area contributed by atoms with E-state index < -0.39 is 0 Å². The fraction of sp³-hybridized carbons (Fsp3) is 0. The van der Waals surface area contributed by atoms with E-state index in [0.717, 1.165) is 136 Å². The van der Waals surface area contributed by atoms with E-state index in [9.17, 15) is 0 Å². The molecule has 4 aromatic heterocycles. The molecule has 0 fully saturated rings. The summed E-state index contributed by atoms with van der Waals surface area (Å²) in [6.45, 7) is 0. The highest BCUT2D eigenvalue weighted by molar-refractivity contribution is 6.08. The standard InChI is InChI=1S/3C35H23N3.C31H21N3/c1-2-11-24(12-3-1)25-15-10-16-28(21-25)37-34-23-27-14-5-4-13-26(27)22-30(34)29-17-6-8-19-32(29)38-33-20-9-7-18-31(33)36-35(37)38;1-2-11-24(12-3-1)25-15-10-16-28(21-25)37-32-19-8-6-17-29(32)30-22-26-13-4-5-14-27(26)23-34(30)38-33-20-9-7-18-31(33)36-35(37)38;1-2-11-24(12-3-1)25-15-10-16-28(21-25)37-32-19-8-6-17-29(32)30-18-7-9-20-33(30)38-34-23-27-14-5-4-13-26(27)22-31(34)36-35(37)38;1-2-11-22(12-3-1)23-13-10-14-24(21-23)33-28-18-7-4-15-25(28)26-16-5-8-19-29(26)34-30-20-9-6-17-27(30)32-31(33)34/h3*1-23H;1-21H. The first-order valence-corrected chi connectivity index (χ1v) is 50.2. The third-order valence-corrected chi connectivity index (χ3v) is 29.0. The van der Waals surface area contributed by atoms with Gasteiger partial charge in [0.2, 0.25) is 23.8 Å². The molecule has 0 saturated heterocycles. The van der Waals surface area contributed by atoms with Crippen molar-refractivity contribution in [2.75, 3.05) is 19.6 Å². The van der Waals surface area contributed by atoms with Crippen LogP contribution in [0.5, 0.6) is 0 Å². The van der Waals surface area contributed by atoms with Crippen LogP contribution in [0.25, 0.3) is 188 Å². The Kier molecular flexibility index (Phi) is 21.0. The van der Waals surface area contributed by atoms with Gasteiger partial charge in [0.1, 0.15) is 0 Å². The Hall–Kier alpha value is -20.1. The highest BCUT2D eigenvalue weighted by Crippen LogP contribution is 2.56. The molecule has 148 heavy (non-hydrogen) atoms. The fourth-order valence-corrected chi connectivity index (χ4v) is 22.2. The van der Waals surface area contributed by atoms with E-state index >= 15 is 0 Å². The first-order valence-electron chi connectivity index (χ1n) is 50.2. The molecule has 0 bridgehead atoms. The minimum atomic E-state index is 0.887. The van der Waals surface area contributed by atoms with Crippen molar-refractivity contribution >= 4 is 146 Å². The Bertz CT molecular complexity index is 9860. The average Bonchev–Trinajstić information content (AvgIpc) is 1.66. The van der Waals surface area contributed by atoms with E-state index in [4.69, 9.17) is 19.9 Å². The van der Waals surface area contributed by atoms with Crippen LogP contribution in [0.2, 0.25) is 0 Å². The van der Waals surface area contributed by atoms with Gasteiger partial charge in [-0.3, -0.25) is 37.9 Å². The van der Waals surface area contributed by atoms with Gasteiger partial charge in [-0.15, -0.1) is 0 Å². The number of nitrogens with zero attached hydrogens (tertiary/aromatic N) is 12. The Morgan fingerprint density at radius 3 is 0.696 bits per heavy atom. The molecule has 0 N–H and O–H groups in total. The minimum absolute atomic E-state index is 0.887. The van der Waals surface area contributed by atoms with Crippen LogP contribution >= 0.6 is 0 Å². The Balaban J connectivity index is 0.0000000952. The number of fused-ring (bicyclic) bond motifs is 31. The van der Waals surface area contributed by atoms with E-state index in [1.165, 1.54) is 121 Å². The van der Waals surface area contributed by atoms with Crippen molar-refractivity contribution < 1.29 is 0 Å². The normalized spacial score (nSPS) is 12.1. The molecule has 0 aliphatic carbocycles. The maximum absolute atomic E-state index is 5.31. The van der Waals surface area contributed by atoms with E-state index in [0.29, 0.717) is 0 Å². The third-order valence-electron chi connectivity index (χ3n) is 29.0. The summed E-state index contributed by atoms with van der Waals surface area (Å²) in [5, 5.41) is 7.28. The lowest BCUT2D eigenvalue weighted by Crippen LogP contribution is -2.14. The zero-order valence-corrected chi connectivity index (χ0v) is 80.3. The van der Waals surface area contributed by atoms with Crippen molar-refractivity contribution in [2.24, 2.45) is 0 Å². The summed E-state index contributed by atoms with van der Waals surface area (Å²) in [7, 11) is 0. The van der Waals surface area contributed by atoms with Gasteiger partial charge in [0.25, 0.3) is 0 Å². The lowest BCUT2D eigenvalue weighted by molar-refractivity contribution is 1.05. The largest absolute Gasteiger partial charge is 0.280 e. The minimum Gasteiger partial charge on any atom is -0.280 e. The number of para-hydroxylation sites is 12. The molecule has 27 aromatic rings. The maximum atomic E-state index is 5.31. The SMILES string of the molecule is c1ccc(-c2cccc(N3c4cc5ccccc5cc4-c4ccccc4-n4c3nc3ccccc34)c2)cc1.c1ccc(-c2cccc(N3c4ccccc4-c4cc5ccccc5cc4-n4c3nc3ccccc34)c2)cc1.c1ccc(-c2cccc(N3c4ccccc4-c4ccccc4-n4c3nc3cc5ccccc5cc34)c2)cc1.c1ccc(-c2cccc(N3c4ccccc4-c4ccccc4-n4c3nc3ccccc34)c2)cc1. The third kappa shape index (κ3) is 14.8. The predicted octanol–water partition coefficient (Wildman–Crippen LogP) is 36.0. The predicted molar refractivity (Wildman–Crippen MR) is 613 cm³/mol. The summed E-state index contributed by atoms with van der Waals surface area (Å²) in [5.74, 6) is 3.55. The highest BCUT2D eigenvalue weighted by atomic mass is 15.4. The molecule has 23 aromatic carbocycles. The first kappa shape index (κ1) is 85.9. The summed E-state index contributed by atoms with van der Waals surface area (Å²) >= 11 is 0. The Morgan fingerprint density at radius 2 is 0.345 bits per heavy atom. The number of hydrogen-bond acceptors (Lipinski definition) is 8. The summed E-state index contributed by atoms with van der Waals surface area (Å²) in [6, 6.07) is 194. The molecule has 4 aliphatic heterocycles. The van der Waals surface area contributed by atoms with Crippen molar-refractivity contribution in [3.8, 4) is 112 Å². The lowest BCUT2D eigenvalue weighted by atomic mass is 9.97. The van der Waals surface area contributed by atoms with Crippen LogP contribution in [0.1, 0.15) is 0 Å². The van der Waals surface area contributed by atoms with Crippen LogP contribution in [-0.2, 0) is 0 Å². The molecule has 12 nitrogen and oxygen atoms in total. The molecule has 4 aliphatic rings. The van der Waals surface area contributed by atoms with Gasteiger partial charge in [-0.25, -0.2) is 19.9 Å². The van der Waals surface area contributed by atoms with Crippen molar-refractivity contribution in [3.05, 3.63) is 546 Å². The van der Waals surface area contributed by atoms with Gasteiger partial charge in [-0.05, 0) is 235 Å². The molecule has 31 rings (SSSR count). The van der Waals surface area contributed by atoms with Crippen LogP contribution in [0.4, 0.5) is 69.3 Å². The second-order valence-electron chi connectivity index (χ2n) is 37.7. The van der Waals surface area contributed by atoms with Gasteiger partial charge in [0, 0.05) is 67.3 Å². The van der Waals surface area contributed by atoms with Crippen LogP contribution in [0.3, 0.4) is 0 Å².